The van der Waals surface area contributed by atoms with Gasteiger partial charge in [-0.05, 0) is 12.5 Å². The third-order valence-electron chi connectivity index (χ3n) is 2.33. The monoisotopic (exact) mass is 223 g/mol. The van der Waals surface area contributed by atoms with E-state index in [0.29, 0.717) is 29.2 Å². The molecule has 1 aromatic carbocycles. The number of ether oxygens (including phenoxy) is 2. The lowest BCUT2D eigenvalue weighted by Gasteiger charge is -2.11. The molecular formula is C12H17NO3. The molecule has 4 nitrogen and oxygen atoms in total. The number of ketones is 1. The van der Waals surface area contributed by atoms with Gasteiger partial charge < -0.3 is 15.2 Å². The fourth-order valence-corrected chi connectivity index (χ4v) is 1.50. The minimum Gasteiger partial charge on any atom is -0.493 e. The van der Waals surface area contributed by atoms with E-state index < -0.39 is 0 Å². The highest BCUT2D eigenvalue weighted by molar-refractivity contribution is 6.01. The molecule has 0 saturated carbocycles. The van der Waals surface area contributed by atoms with Crippen LogP contribution in [-0.4, -0.2) is 20.0 Å². The van der Waals surface area contributed by atoms with Crippen LogP contribution in [0.2, 0.25) is 0 Å². The summed E-state index contributed by atoms with van der Waals surface area (Å²) < 4.78 is 10.2. The van der Waals surface area contributed by atoms with Crippen molar-refractivity contribution in [3.05, 3.63) is 17.7 Å². The molecule has 0 heterocycles. The first-order valence-electron chi connectivity index (χ1n) is 5.18. The number of nitrogens with two attached hydrogens (primary N) is 1. The summed E-state index contributed by atoms with van der Waals surface area (Å²) in [5, 5.41) is 0. The summed E-state index contributed by atoms with van der Waals surface area (Å²) in [5.41, 5.74) is 6.72. The van der Waals surface area contributed by atoms with Crippen molar-refractivity contribution < 1.29 is 14.3 Å². The Labute approximate surface area is 95.3 Å². The number of carbonyl (C=O) groups excluding carboxylic acids is 1. The number of anilines is 1. The Kier molecular flexibility index (Phi) is 4.17. The molecule has 0 amide bonds. The minimum absolute atomic E-state index is 0.0287. The van der Waals surface area contributed by atoms with Crippen molar-refractivity contribution in [2.24, 2.45) is 0 Å². The summed E-state index contributed by atoms with van der Waals surface area (Å²) in [7, 11) is 3.06. The molecule has 0 unspecified atom stereocenters. The van der Waals surface area contributed by atoms with Crippen molar-refractivity contribution in [3.8, 4) is 11.5 Å². The Morgan fingerprint density at radius 1 is 1.25 bits per heavy atom. The highest BCUT2D eigenvalue weighted by Gasteiger charge is 2.14. The number of methoxy groups -OCH3 is 2. The quantitative estimate of drug-likeness (QED) is 0.614. The van der Waals surface area contributed by atoms with Crippen LogP contribution in [0.4, 0.5) is 5.69 Å². The largest absolute Gasteiger partial charge is 0.493 e. The van der Waals surface area contributed by atoms with Gasteiger partial charge >= 0.3 is 0 Å². The van der Waals surface area contributed by atoms with Gasteiger partial charge in [-0.1, -0.05) is 6.92 Å². The summed E-state index contributed by atoms with van der Waals surface area (Å²) >= 11 is 0. The van der Waals surface area contributed by atoms with Crippen molar-refractivity contribution in [3.63, 3.8) is 0 Å². The molecule has 0 atom stereocenters. The molecule has 2 N–H and O–H groups in total. The van der Waals surface area contributed by atoms with E-state index in [2.05, 4.69) is 0 Å². The summed E-state index contributed by atoms with van der Waals surface area (Å²) in [4.78, 5) is 11.8. The summed E-state index contributed by atoms with van der Waals surface area (Å²) in [6.07, 6.45) is 1.28. The van der Waals surface area contributed by atoms with Crippen LogP contribution >= 0.6 is 0 Å². The van der Waals surface area contributed by atoms with Gasteiger partial charge in [0, 0.05) is 23.7 Å². The average Bonchev–Trinajstić information content (AvgIpc) is 2.28. The summed E-state index contributed by atoms with van der Waals surface area (Å²) in [6.45, 7) is 1.95. The number of Topliss-reactive ketones (excluding diaryl/α,β-unsaturated/α-hetero) is 1. The van der Waals surface area contributed by atoms with Gasteiger partial charge in [-0.3, -0.25) is 4.79 Å². The Balaban J connectivity index is 3.15. The highest BCUT2D eigenvalue weighted by Crippen LogP contribution is 2.32. The van der Waals surface area contributed by atoms with Crippen LogP contribution in [0.5, 0.6) is 11.5 Å². The SMILES string of the molecule is CCCC(=O)c1cc(OC)c(OC)cc1N. The predicted molar refractivity (Wildman–Crippen MR) is 63.2 cm³/mol. The van der Waals surface area contributed by atoms with Crippen molar-refractivity contribution in [1.82, 2.24) is 0 Å². The third kappa shape index (κ3) is 2.45. The zero-order valence-corrected chi connectivity index (χ0v) is 9.87. The van der Waals surface area contributed by atoms with Gasteiger partial charge in [-0.15, -0.1) is 0 Å². The zero-order chi connectivity index (χ0) is 12.1. The number of hydrogen-bond acceptors (Lipinski definition) is 4. The van der Waals surface area contributed by atoms with Crippen LogP contribution < -0.4 is 15.2 Å². The van der Waals surface area contributed by atoms with Crippen LogP contribution in [0, 0.1) is 0 Å². The molecular weight excluding hydrogens is 206 g/mol. The van der Waals surface area contributed by atoms with Gasteiger partial charge in [-0.2, -0.15) is 0 Å². The first-order valence-corrected chi connectivity index (χ1v) is 5.18. The van der Waals surface area contributed by atoms with Crippen molar-refractivity contribution in [2.75, 3.05) is 20.0 Å². The second-order valence-electron chi connectivity index (χ2n) is 3.47. The first-order chi connectivity index (χ1) is 7.63. The number of hydrogen-bond donors (Lipinski definition) is 1. The summed E-state index contributed by atoms with van der Waals surface area (Å²) in [5.74, 6) is 1.09. The molecule has 88 valence electrons. The lowest BCUT2D eigenvalue weighted by molar-refractivity contribution is 0.0982. The fraction of sp³-hybridized carbons (Fsp3) is 0.417. The molecule has 0 fully saturated rings. The van der Waals surface area contributed by atoms with Crippen LogP contribution in [0.15, 0.2) is 12.1 Å². The molecule has 0 bridgehead atoms. The number of benzene rings is 1. The van der Waals surface area contributed by atoms with Crippen molar-refractivity contribution >= 4 is 11.5 Å². The Morgan fingerprint density at radius 2 is 1.81 bits per heavy atom. The zero-order valence-electron chi connectivity index (χ0n) is 9.87. The van der Waals surface area contributed by atoms with E-state index in [1.165, 1.54) is 14.2 Å². The van der Waals surface area contributed by atoms with E-state index in [0.717, 1.165) is 6.42 Å². The van der Waals surface area contributed by atoms with Gasteiger partial charge in [0.2, 0.25) is 0 Å². The molecule has 0 spiro atoms. The second kappa shape index (κ2) is 5.39. The standard InChI is InChI=1S/C12H17NO3/c1-4-5-10(14)8-6-11(15-2)12(16-3)7-9(8)13/h6-7H,4-5,13H2,1-3H3. The summed E-state index contributed by atoms with van der Waals surface area (Å²) in [6, 6.07) is 3.24. The van der Waals surface area contributed by atoms with Gasteiger partial charge in [0.25, 0.3) is 0 Å². The van der Waals surface area contributed by atoms with Gasteiger partial charge in [0.05, 0.1) is 14.2 Å². The van der Waals surface area contributed by atoms with Gasteiger partial charge in [0.1, 0.15) is 0 Å². The van der Waals surface area contributed by atoms with Crippen LogP contribution in [0.3, 0.4) is 0 Å². The smallest absolute Gasteiger partial charge is 0.165 e. The maximum Gasteiger partial charge on any atom is 0.165 e. The molecule has 0 aromatic heterocycles. The van der Waals surface area contributed by atoms with Gasteiger partial charge in [-0.25, -0.2) is 0 Å². The van der Waals surface area contributed by atoms with E-state index in [1.807, 2.05) is 6.92 Å². The van der Waals surface area contributed by atoms with Crippen molar-refractivity contribution in [2.45, 2.75) is 19.8 Å². The molecule has 4 heteroatoms. The fourth-order valence-electron chi connectivity index (χ4n) is 1.50. The Morgan fingerprint density at radius 3 is 2.31 bits per heavy atom. The molecule has 0 radical (unpaired) electrons. The predicted octanol–water partition coefficient (Wildman–Crippen LogP) is 2.27. The third-order valence-corrected chi connectivity index (χ3v) is 2.33. The number of nitrogen functional groups attached to an aromatic ring is 1. The van der Waals surface area contributed by atoms with Crippen LogP contribution in [0.25, 0.3) is 0 Å². The molecule has 0 aliphatic rings. The molecule has 0 saturated heterocycles. The number of rotatable bonds is 5. The van der Waals surface area contributed by atoms with E-state index in [-0.39, 0.29) is 5.78 Å². The van der Waals surface area contributed by atoms with E-state index in [1.54, 1.807) is 12.1 Å². The Hall–Kier alpha value is -1.71. The van der Waals surface area contributed by atoms with Crippen LogP contribution in [-0.2, 0) is 0 Å². The van der Waals surface area contributed by atoms with Crippen molar-refractivity contribution in [1.29, 1.82) is 0 Å². The normalized spacial score (nSPS) is 9.94. The molecule has 0 aliphatic carbocycles. The minimum atomic E-state index is 0.0287. The average molecular weight is 223 g/mol. The maximum absolute atomic E-state index is 11.8. The lowest BCUT2D eigenvalue weighted by Crippen LogP contribution is -2.05. The first kappa shape index (κ1) is 12.4. The van der Waals surface area contributed by atoms with Crippen LogP contribution in [0.1, 0.15) is 30.1 Å². The highest BCUT2D eigenvalue weighted by atomic mass is 16.5. The molecule has 1 rings (SSSR count). The molecule has 16 heavy (non-hydrogen) atoms. The van der Waals surface area contributed by atoms with Gasteiger partial charge in [0.15, 0.2) is 17.3 Å². The second-order valence-corrected chi connectivity index (χ2v) is 3.47. The number of carbonyl (C=O) groups is 1. The lowest BCUT2D eigenvalue weighted by atomic mass is 10.0. The van der Waals surface area contributed by atoms with E-state index in [4.69, 9.17) is 15.2 Å². The topological polar surface area (TPSA) is 61.5 Å². The molecule has 0 aliphatic heterocycles. The van der Waals surface area contributed by atoms with E-state index in [9.17, 15) is 4.79 Å². The maximum atomic E-state index is 11.8. The Bertz CT molecular complexity index is 388. The van der Waals surface area contributed by atoms with E-state index >= 15 is 0 Å². The molecule has 1 aromatic rings.